The summed E-state index contributed by atoms with van der Waals surface area (Å²) in [5.41, 5.74) is 0.910. The molecule has 0 bridgehead atoms. The molecule has 96 valence electrons. The summed E-state index contributed by atoms with van der Waals surface area (Å²) >= 11 is 0. The third-order valence-corrected chi connectivity index (χ3v) is 2.32. The molecule has 1 rings (SSSR count). The van der Waals surface area contributed by atoms with Gasteiger partial charge in [-0.15, -0.1) is 0 Å². The van der Waals surface area contributed by atoms with Gasteiger partial charge in [-0.05, 0) is 17.7 Å². The summed E-state index contributed by atoms with van der Waals surface area (Å²) in [7, 11) is 1.58. The first kappa shape index (κ1) is 13.9. The minimum atomic E-state index is -1.38. The second-order valence-corrected chi connectivity index (χ2v) is 3.65. The van der Waals surface area contributed by atoms with Gasteiger partial charge in [0.25, 0.3) is 0 Å². The van der Waals surface area contributed by atoms with Crippen molar-refractivity contribution in [3.63, 3.8) is 0 Å². The molecule has 0 aliphatic rings. The number of methoxy groups -OCH3 is 1. The van der Waals surface area contributed by atoms with Crippen LogP contribution in [0, 0.1) is 0 Å². The van der Waals surface area contributed by atoms with Crippen molar-refractivity contribution >= 4 is 0 Å². The molecule has 0 spiro atoms. The maximum atomic E-state index is 12.0. The molecule has 0 amide bonds. The molecule has 0 fully saturated rings. The number of aliphatic hydroxyl groups excluding tert-OH is 2. The van der Waals surface area contributed by atoms with Crippen LogP contribution >= 0.6 is 0 Å². The molecule has 0 heterocycles. The lowest BCUT2D eigenvalue weighted by Crippen LogP contribution is -2.32. The van der Waals surface area contributed by atoms with E-state index in [1.165, 1.54) is 0 Å². The van der Waals surface area contributed by atoms with E-state index in [1.807, 2.05) is 12.1 Å². The molecule has 0 saturated heterocycles. The number of benzene rings is 1. The van der Waals surface area contributed by atoms with E-state index in [1.54, 1.807) is 19.2 Å². The lowest BCUT2D eigenvalue weighted by Gasteiger charge is -2.14. The van der Waals surface area contributed by atoms with Crippen molar-refractivity contribution < 1.29 is 24.1 Å². The summed E-state index contributed by atoms with van der Waals surface area (Å²) in [6.07, 6.45) is -2.58. The molecule has 0 saturated carbocycles. The third kappa shape index (κ3) is 4.68. The van der Waals surface area contributed by atoms with E-state index in [-0.39, 0.29) is 6.61 Å². The van der Waals surface area contributed by atoms with Gasteiger partial charge in [-0.1, -0.05) is 12.1 Å². The first-order chi connectivity index (χ1) is 8.17. The lowest BCUT2D eigenvalue weighted by molar-refractivity contribution is -0.0494. The molecular weight excluding hydrogens is 227 g/mol. The maximum Gasteiger partial charge on any atom is 0.118 e. The average molecular weight is 244 g/mol. The summed E-state index contributed by atoms with van der Waals surface area (Å²) in [5.74, 6) is 0.752. The number of halogens is 1. The largest absolute Gasteiger partial charge is 0.497 e. The summed E-state index contributed by atoms with van der Waals surface area (Å²) in [6.45, 7) is -0.787. The van der Waals surface area contributed by atoms with Gasteiger partial charge < -0.3 is 19.7 Å². The summed E-state index contributed by atoms with van der Waals surface area (Å²) in [4.78, 5) is 0. The molecule has 2 N–H and O–H groups in total. The van der Waals surface area contributed by atoms with Crippen LogP contribution in [0.5, 0.6) is 5.75 Å². The van der Waals surface area contributed by atoms with Gasteiger partial charge in [-0.25, -0.2) is 4.39 Å². The Hall–Kier alpha value is -1.17. The van der Waals surface area contributed by atoms with Crippen molar-refractivity contribution in [3.8, 4) is 5.75 Å². The molecule has 2 atom stereocenters. The first-order valence-corrected chi connectivity index (χ1v) is 5.30. The van der Waals surface area contributed by atoms with Gasteiger partial charge >= 0.3 is 0 Å². The van der Waals surface area contributed by atoms with Gasteiger partial charge in [0.05, 0.1) is 20.3 Å². The number of hydrogen-bond acceptors (Lipinski definition) is 4. The zero-order valence-electron chi connectivity index (χ0n) is 9.67. The van der Waals surface area contributed by atoms with E-state index >= 15 is 0 Å². The highest BCUT2D eigenvalue weighted by molar-refractivity contribution is 5.26. The molecule has 0 aliphatic carbocycles. The molecule has 0 radical (unpaired) electrons. The number of aliphatic hydroxyl groups is 2. The maximum absolute atomic E-state index is 12.0. The van der Waals surface area contributed by atoms with E-state index in [2.05, 4.69) is 0 Å². The molecule has 4 nitrogen and oxygen atoms in total. The van der Waals surface area contributed by atoms with E-state index in [0.29, 0.717) is 6.61 Å². The van der Waals surface area contributed by atoms with E-state index in [0.717, 1.165) is 11.3 Å². The van der Waals surface area contributed by atoms with Gasteiger partial charge in [0.1, 0.15) is 24.6 Å². The zero-order chi connectivity index (χ0) is 12.7. The normalized spacial score (nSPS) is 14.4. The van der Waals surface area contributed by atoms with Crippen LogP contribution in [0.1, 0.15) is 5.56 Å². The van der Waals surface area contributed by atoms with Crippen LogP contribution in [0.15, 0.2) is 24.3 Å². The Morgan fingerprint density at radius 2 is 1.82 bits per heavy atom. The Bertz CT molecular complexity index is 315. The predicted octanol–water partition coefficient (Wildman–Crippen LogP) is 0.903. The fraction of sp³-hybridized carbons (Fsp3) is 0.500. The van der Waals surface area contributed by atoms with Crippen LogP contribution in [0.3, 0.4) is 0 Å². The molecule has 1 aromatic rings. The van der Waals surface area contributed by atoms with Crippen LogP contribution in [0.25, 0.3) is 0 Å². The Morgan fingerprint density at radius 3 is 2.35 bits per heavy atom. The van der Waals surface area contributed by atoms with Crippen molar-refractivity contribution in [2.45, 2.75) is 18.8 Å². The fourth-order valence-electron chi connectivity index (χ4n) is 1.23. The van der Waals surface area contributed by atoms with E-state index < -0.39 is 18.9 Å². The predicted molar refractivity (Wildman–Crippen MR) is 60.6 cm³/mol. The fourth-order valence-corrected chi connectivity index (χ4v) is 1.23. The molecule has 0 unspecified atom stereocenters. The number of alkyl halides is 1. The summed E-state index contributed by atoms with van der Waals surface area (Å²) in [5, 5.41) is 18.2. The molecule has 5 heteroatoms. The summed E-state index contributed by atoms with van der Waals surface area (Å²) in [6, 6.07) is 7.25. The number of rotatable bonds is 7. The van der Waals surface area contributed by atoms with Gasteiger partial charge in [0.15, 0.2) is 0 Å². The van der Waals surface area contributed by atoms with Crippen LogP contribution < -0.4 is 4.74 Å². The summed E-state index contributed by atoms with van der Waals surface area (Å²) < 4.78 is 22.2. The van der Waals surface area contributed by atoms with Gasteiger partial charge in [0.2, 0.25) is 0 Å². The highest BCUT2D eigenvalue weighted by atomic mass is 19.1. The smallest absolute Gasteiger partial charge is 0.118 e. The van der Waals surface area contributed by atoms with Crippen LogP contribution in [-0.2, 0) is 11.3 Å². The lowest BCUT2D eigenvalue weighted by atomic mass is 10.2. The highest BCUT2D eigenvalue weighted by Crippen LogP contribution is 2.12. The molecule has 0 aromatic heterocycles. The second-order valence-electron chi connectivity index (χ2n) is 3.65. The molecule has 17 heavy (non-hydrogen) atoms. The van der Waals surface area contributed by atoms with Gasteiger partial charge in [-0.2, -0.15) is 0 Å². The van der Waals surface area contributed by atoms with Crippen LogP contribution in [-0.4, -0.2) is 42.8 Å². The standard InChI is InChI=1S/C12H17FO4/c1-16-10-4-2-9(3-5-10)7-17-8-12(15)11(14)6-13/h2-5,11-12,14-15H,6-8H2,1H3/t11-,12-/m0/s1. The minimum Gasteiger partial charge on any atom is -0.497 e. The molecule has 1 aromatic carbocycles. The highest BCUT2D eigenvalue weighted by Gasteiger charge is 2.15. The second kappa shape index (κ2) is 7.21. The number of ether oxygens (including phenoxy) is 2. The zero-order valence-corrected chi connectivity index (χ0v) is 9.67. The number of hydrogen-bond donors (Lipinski definition) is 2. The molecule has 0 aliphatic heterocycles. The van der Waals surface area contributed by atoms with Crippen LogP contribution in [0.2, 0.25) is 0 Å². The van der Waals surface area contributed by atoms with Gasteiger partial charge in [0, 0.05) is 0 Å². The van der Waals surface area contributed by atoms with Crippen molar-refractivity contribution in [3.05, 3.63) is 29.8 Å². The topological polar surface area (TPSA) is 58.9 Å². The Balaban J connectivity index is 2.30. The van der Waals surface area contributed by atoms with Crippen molar-refractivity contribution in [1.29, 1.82) is 0 Å². The Labute approximate surface area is 99.6 Å². The monoisotopic (exact) mass is 244 g/mol. The van der Waals surface area contributed by atoms with Crippen LogP contribution in [0.4, 0.5) is 4.39 Å². The van der Waals surface area contributed by atoms with Crippen molar-refractivity contribution in [1.82, 2.24) is 0 Å². The van der Waals surface area contributed by atoms with E-state index in [4.69, 9.17) is 14.6 Å². The SMILES string of the molecule is COc1ccc(COC[C@H](O)[C@@H](O)CF)cc1. The Kier molecular flexibility index (Phi) is 5.90. The first-order valence-electron chi connectivity index (χ1n) is 5.30. The molecular formula is C12H17FO4. The quantitative estimate of drug-likeness (QED) is 0.748. The van der Waals surface area contributed by atoms with Gasteiger partial charge in [-0.3, -0.25) is 0 Å². The van der Waals surface area contributed by atoms with Crippen molar-refractivity contribution in [2.24, 2.45) is 0 Å². The minimum absolute atomic E-state index is 0.100. The Morgan fingerprint density at radius 1 is 1.18 bits per heavy atom. The third-order valence-electron chi connectivity index (χ3n) is 2.32. The average Bonchev–Trinajstić information content (AvgIpc) is 2.38. The van der Waals surface area contributed by atoms with Crippen molar-refractivity contribution in [2.75, 3.05) is 20.4 Å². The van der Waals surface area contributed by atoms with E-state index in [9.17, 15) is 9.50 Å².